The van der Waals surface area contributed by atoms with E-state index >= 15 is 0 Å². The fourth-order valence-electron chi connectivity index (χ4n) is 2.12. The molecular weight excluding hydrogens is 394 g/mol. The Morgan fingerprint density at radius 2 is 1.41 bits per heavy atom. The number of benzene rings is 2. The van der Waals surface area contributed by atoms with E-state index in [0.717, 1.165) is 23.1 Å². The Hall–Kier alpha value is -2.09. The minimum atomic E-state index is -8.55. The maximum atomic E-state index is 11.5. The molecule has 10 heteroatoms. The van der Waals surface area contributed by atoms with Gasteiger partial charge in [-0.05, 0) is 35.2 Å². The van der Waals surface area contributed by atoms with Gasteiger partial charge in [0, 0.05) is 0 Å². The Balaban J connectivity index is 0.000000527. The molecule has 0 saturated carbocycles. The van der Waals surface area contributed by atoms with Crippen LogP contribution in [0, 0.1) is 0 Å². The second-order valence-electron chi connectivity index (χ2n) is 5.26. The molecule has 0 spiro atoms. The van der Waals surface area contributed by atoms with Gasteiger partial charge >= 0.3 is 35.1 Å². The third-order valence-corrected chi connectivity index (χ3v) is 3.09. The van der Waals surface area contributed by atoms with Crippen LogP contribution < -0.4 is 0 Å². The first-order chi connectivity index (χ1) is 12.5. The van der Waals surface area contributed by atoms with Gasteiger partial charge in [0.15, 0.2) is 0 Å². The molecule has 150 valence electrons. The van der Waals surface area contributed by atoms with E-state index in [-0.39, 0.29) is 5.97 Å². The molecule has 0 fully saturated rings. The van der Waals surface area contributed by atoms with E-state index in [4.69, 9.17) is 9.62 Å². The summed E-state index contributed by atoms with van der Waals surface area (Å²) >= 11 is 0. The van der Waals surface area contributed by atoms with Crippen LogP contribution in [-0.4, -0.2) is 20.2 Å². The molecule has 0 radical (unpaired) electrons. The van der Waals surface area contributed by atoms with Crippen LogP contribution in [0.5, 0.6) is 0 Å². The second-order valence-corrected chi connectivity index (χ2v) is 6.53. The zero-order valence-electron chi connectivity index (χ0n) is 14.5. The summed E-state index contributed by atoms with van der Waals surface area (Å²) in [6.07, 6.45) is 0.742. The maximum absolute atomic E-state index is 11.5. The van der Waals surface area contributed by atoms with E-state index in [9.17, 15) is 25.8 Å². The molecule has 0 N–H and O–H groups in total. The Labute approximate surface area is 153 Å². The molecule has 0 bridgehead atoms. The van der Waals surface area contributed by atoms with Crippen LogP contribution in [0.25, 0.3) is 0 Å². The van der Waals surface area contributed by atoms with Crippen molar-refractivity contribution in [3.63, 3.8) is 0 Å². The van der Waals surface area contributed by atoms with E-state index in [1.54, 1.807) is 6.07 Å². The Kier molecular flexibility index (Phi) is 8.27. The number of methoxy groups -OCH3 is 1. The zero-order chi connectivity index (χ0) is 20.5. The van der Waals surface area contributed by atoms with Crippen LogP contribution >= 0.6 is 8.16 Å². The van der Waals surface area contributed by atoms with Gasteiger partial charge in [-0.25, -0.2) is 14.6 Å². The third kappa shape index (κ3) is 11.3. The topological polar surface area (TPSA) is 44.8 Å². The monoisotopic (exact) mass is 412 g/mol. The van der Waals surface area contributed by atoms with Gasteiger partial charge in [0.2, 0.25) is 0 Å². The number of esters is 1. The van der Waals surface area contributed by atoms with Crippen LogP contribution in [0.3, 0.4) is 0 Å². The van der Waals surface area contributed by atoms with Crippen molar-refractivity contribution in [2.45, 2.75) is 13.0 Å². The quantitative estimate of drug-likeness (QED) is 0.189. The molecule has 0 heterocycles. The van der Waals surface area contributed by atoms with Gasteiger partial charge in [0.1, 0.15) is 6.61 Å². The van der Waals surface area contributed by atoms with Crippen molar-refractivity contribution in [3.8, 4) is 0 Å². The summed E-state index contributed by atoms with van der Waals surface area (Å²) in [4.78, 5) is 21.1. The SMILES string of the molecule is COOCc1cccc(Cc2cccc(C(=O)OC)c2)c1.FP(F)(F)(F)F. The van der Waals surface area contributed by atoms with Gasteiger partial charge in [-0.3, -0.25) is 0 Å². The van der Waals surface area contributed by atoms with Gasteiger partial charge in [0.25, 0.3) is 0 Å². The van der Waals surface area contributed by atoms with Crippen LogP contribution in [0.2, 0.25) is 0 Å². The summed E-state index contributed by atoms with van der Waals surface area (Å²) in [7, 11) is -5.68. The van der Waals surface area contributed by atoms with E-state index < -0.39 is 8.16 Å². The summed E-state index contributed by atoms with van der Waals surface area (Å²) in [5.41, 5.74) is 3.81. The molecule has 0 aliphatic heterocycles. The number of carbonyl (C=O) groups excluding carboxylic acids is 1. The summed E-state index contributed by atoms with van der Waals surface area (Å²) in [6, 6.07) is 15.5. The first kappa shape index (κ1) is 23.0. The van der Waals surface area contributed by atoms with Crippen molar-refractivity contribution in [1.29, 1.82) is 0 Å². The fourth-order valence-corrected chi connectivity index (χ4v) is 2.12. The number of ether oxygens (including phenoxy) is 1. The predicted molar refractivity (Wildman–Crippen MR) is 91.3 cm³/mol. The fraction of sp³-hybridized carbons (Fsp3) is 0.235. The zero-order valence-corrected chi connectivity index (χ0v) is 15.4. The number of carbonyl (C=O) groups is 1. The van der Waals surface area contributed by atoms with E-state index in [2.05, 4.69) is 11.0 Å². The Morgan fingerprint density at radius 3 is 1.96 bits per heavy atom. The van der Waals surface area contributed by atoms with Crippen LogP contribution in [0.4, 0.5) is 21.0 Å². The van der Waals surface area contributed by atoms with Crippen molar-refractivity contribution >= 4 is 14.1 Å². The predicted octanol–water partition coefficient (Wildman–Crippen LogP) is 6.10. The number of hydrogen-bond donors (Lipinski definition) is 0. The first-order valence-corrected chi connectivity index (χ1v) is 9.17. The van der Waals surface area contributed by atoms with Gasteiger partial charge < -0.3 is 4.74 Å². The summed E-state index contributed by atoms with van der Waals surface area (Å²) in [5.74, 6) is -0.320. The number of rotatable bonds is 6. The Bertz CT molecular complexity index is 745. The molecule has 0 unspecified atom stereocenters. The molecular formula is C17H18F5O4P. The first-order valence-electron chi connectivity index (χ1n) is 7.48. The molecule has 27 heavy (non-hydrogen) atoms. The molecule has 0 aliphatic rings. The normalized spacial score (nSPS) is 12.3. The van der Waals surface area contributed by atoms with Crippen molar-refractivity contribution in [2.24, 2.45) is 0 Å². The summed E-state index contributed by atoms with van der Waals surface area (Å²) < 4.78 is 53.9. The molecule has 0 aromatic heterocycles. The molecule has 0 aliphatic carbocycles. The number of hydrogen-bond acceptors (Lipinski definition) is 4. The molecule has 0 amide bonds. The van der Waals surface area contributed by atoms with E-state index in [0.29, 0.717) is 12.2 Å². The average molecular weight is 412 g/mol. The number of halogens is 5. The molecule has 0 saturated heterocycles. The van der Waals surface area contributed by atoms with Gasteiger partial charge in [0.05, 0.1) is 19.8 Å². The van der Waals surface area contributed by atoms with Crippen molar-refractivity contribution < 1.29 is 40.3 Å². The summed E-state index contributed by atoms with van der Waals surface area (Å²) in [5, 5.41) is 0. The van der Waals surface area contributed by atoms with Crippen LogP contribution in [0.1, 0.15) is 27.0 Å². The van der Waals surface area contributed by atoms with E-state index in [1.807, 2.05) is 36.4 Å². The van der Waals surface area contributed by atoms with Gasteiger partial charge in [-0.15, -0.1) is 0 Å². The molecule has 2 aromatic rings. The van der Waals surface area contributed by atoms with Crippen molar-refractivity contribution in [3.05, 3.63) is 70.8 Å². The van der Waals surface area contributed by atoms with Gasteiger partial charge in [-0.1, -0.05) is 36.4 Å². The average Bonchev–Trinajstić information content (AvgIpc) is 2.57. The standard InChI is InChI=1S/C17H18O4.F5P/c1-19-17(18)16-8-4-6-14(11-16)9-13-5-3-7-15(10-13)12-21-20-2;1-6(2,3,4)5/h3-8,10-11H,9,12H2,1-2H3;. The molecule has 2 aromatic carbocycles. The molecule has 2 rings (SSSR count). The Morgan fingerprint density at radius 1 is 0.889 bits per heavy atom. The van der Waals surface area contributed by atoms with Crippen molar-refractivity contribution in [1.82, 2.24) is 0 Å². The van der Waals surface area contributed by atoms with E-state index in [1.165, 1.54) is 14.2 Å². The second kappa shape index (κ2) is 9.73. The van der Waals surface area contributed by atoms with Gasteiger partial charge in [-0.2, -0.15) is 0 Å². The van der Waals surface area contributed by atoms with Crippen LogP contribution in [-0.2, 0) is 27.5 Å². The molecule has 4 nitrogen and oxygen atoms in total. The van der Waals surface area contributed by atoms with Crippen molar-refractivity contribution in [2.75, 3.05) is 14.2 Å². The molecule has 0 atom stereocenters. The summed E-state index contributed by atoms with van der Waals surface area (Å²) in [6.45, 7) is 0.409. The minimum absolute atomic E-state index is 0.320. The third-order valence-electron chi connectivity index (χ3n) is 3.09. The van der Waals surface area contributed by atoms with Crippen LogP contribution in [0.15, 0.2) is 48.5 Å².